The molecule has 0 bridgehead atoms. The molecule has 0 amide bonds. The normalized spacial score (nSPS) is 26.1. The van der Waals surface area contributed by atoms with Crippen LogP contribution >= 0.6 is 8.53 Å². The summed E-state index contributed by atoms with van der Waals surface area (Å²) in [6.45, 7) is 10.5. The van der Waals surface area contributed by atoms with Crippen LogP contribution in [0.3, 0.4) is 0 Å². The Morgan fingerprint density at radius 2 is 1.91 bits per heavy atom. The number of aromatic amines is 1. The smallest absolute Gasteiger partial charge is 0.330 e. The van der Waals surface area contributed by atoms with Crippen LogP contribution in [0.5, 0.6) is 5.75 Å². The quantitative estimate of drug-likeness (QED) is 0.420. The van der Waals surface area contributed by atoms with Crippen LogP contribution in [0.2, 0.25) is 0 Å². The summed E-state index contributed by atoms with van der Waals surface area (Å²) in [5.41, 5.74) is -2.09. The van der Waals surface area contributed by atoms with Gasteiger partial charge in [-0.15, -0.1) is 0 Å². The Morgan fingerprint density at radius 3 is 2.51 bits per heavy atom. The molecule has 11 heteroatoms. The third-order valence-corrected chi connectivity index (χ3v) is 7.48. The molecule has 0 spiro atoms. The third kappa shape index (κ3) is 6.58. The van der Waals surface area contributed by atoms with Crippen molar-refractivity contribution in [1.82, 2.24) is 14.6 Å². The molecule has 1 aliphatic heterocycles. The molecule has 10 nitrogen and oxygen atoms in total. The Labute approximate surface area is 206 Å². The van der Waals surface area contributed by atoms with Gasteiger partial charge in [-0.3, -0.25) is 14.3 Å². The molecule has 1 saturated heterocycles. The van der Waals surface area contributed by atoms with Crippen LogP contribution in [0.4, 0.5) is 0 Å². The van der Waals surface area contributed by atoms with E-state index < -0.39 is 43.8 Å². The lowest BCUT2D eigenvalue weighted by Gasteiger charge is -2.34. The van der Waals surface area contributed by atoms with Gasteiger partial charge in [-0.1, -0.05) is 32.0 Å². The van der Waals surface area contributed by atoms with Crippen molar-refractivity contribution in [2.75, 3.05) is 20.3 Å². The van der Waals surface area contributed by atoms with Crippen LogP contribution in [0.15, 0.2) is 52.2 Å². The summed E-state index contributed by atoms with van der Waals surface area (Å²) in [5.74, 6) is 1.06. The van der Waals surface area contributed by atoms with Crippen LogP contribution in [0, 0.1) is 5.92 Å². The molecule has 0 radical (unpaired) electrons. The summed E-state index contributed by atoms with van der Waals surface area (Å²) in [5, 5.41) is 3.42. The molecule has 1 aliphatic rings. The van der Waals surface area contributed by atoms with Crippen molar-refractivity contribution >= 4 is 8.53 Å². The highest BCUT2D eigenvalue weighted by Gasteiger charge is 2.56. The van der Waals surface area contributed by atoms with E-state index in [1.807, 2.05) is 44.2 Å². The Bertz CT molecular complexity index is 1050. The molecule has 1 fully saturated rings. The van der Waals surface area contributed by atoms with E-state index in [1.165, 1.54) is 16.8 Å². The summed E-state index contributed by atoms with van der Waals surface area (Å²) < 4.78 is 31.8. The average molecular weight is 510 g/mol. The first kappa shape index (κ1) is 27.5. The highest BCUT2D eigenvalue weighted by Crippen LogP contribution is 2.44. The van der Waals surface area contributed by atoms with Gasteiger partial charge in [0.2, 0.25) is 0 Å². The number of aromatic nitrogens is 2. The molecule has 2 heterocycles. The minimum Gasteiger partial charge on any atom is -0.436 e. The average Bonchev–Trinajstić information content (AvgIpc) is 3.09. The number of nitrogens with zero attached hydrogens (tertiary/aromatic N) is 1. The van der Waals surface area contributed by atoms with Gasteiger partial charge >= 0.3 is 14.2 Å². The molecule has 35 heavy (non-hydrogen) atoms. The number of methoxy groups -OCH3 is 1. The molecule has 0 saturated carbocycles. The van der Waals surface area contributed by atoms with Gasteiger partial charge in [0.25, 0.3) is 5.56 Å². The van der Waals surface area contributed by atoms with Crippen molar-refractivity contribution in [2.24, 2.45) is 5.92 Å². The van der Waals surface area contributed by atoms with E-state index in [0.29, 0.717) is 18.3 Å². The molecule has 3 rings (SSSR count). The van der Waals surface area contributed by atoms with E-state index >= 15 is 0 Å². The van der Waals surface area contributed by atoms with Crippen LogP contribution in [-0.2, 0) is 18.7 Å². The number of benzene rings is 1. The largest absolute Gasteiger partial charge is 0.436 e. The van der Waals surface area contributed by atoms with Crippen LogP contribution in [0.1, 0.15) is 40.8 Å². The van der Waals surface area contributed by atoms with Gasteiger partial charge in [-0.2, -0.15) is 0 Å². The molecule has 2 aromatic rings. The zero-order chi connectivity index (χ0) is 25.6. The lowest BCUT2D eigenvalue weighted by molar-refractivity contribution is -0.143. The van der Waals surface area contributed by atoms with Crippen molar-refractivity contribution in [1.29, 1.82) is 0 Å². The van der Waals surface area contributed by atoms with E-state index in [1.54, 1.807) is 7.11 Å². The molecule has 194 valence electrons. The lowest BCUT2D eigenvalue weighted by atomic mass is 9.95. The summed E-state index contributed by atoms with van der Waals surface area (Å²) >= 11 is 0. The fourth-order valence-corrected chi connectivity index (χ4v) is 5.34. The van der Waals surface area contributed by atoms with E-state index in [9.17, 15) is 9.59 Å². The van der Waals surface area contributed by atoms with Gasteiger partial charge in [0.15, 0.2) is 6.23 Å². The second kappa shape index (κ2) is 12.3. The predicted octanol–water partition coefficient (Wildman–Crippen LogP) is 3.20. The van der Waals surface area contributed by atoms with Gasteiger partial charge in [0, 0.05) is 32.0 Å². The third-order valence-electron chi connectivity index (χ3n) is 6.11. The Balaban J connectivity index is 1.83. The number of H-pyrrole nitrogens is 1. The van der Waals surface area contributed by atoms with E-state index in [-0.39, 0.29) is 12.6 Å². The van der Waals surface area contributed by atoms with Crippen LogP contribution < -0.4 is 20.9 Å². The predicted molar refractivity (Wildman–Crippen MR) is 133 cm³/mol. The minimum atomic E-state index is -1.51. The highest BCUT2D eigenvalue weighted by molar-refractivity contribution is 7.45. The molecule has 6 unspecified atom stereocenters. The first-order valence-corrected chi connectivity index (χ1v) is 12.9. The first-order valence-electron chi connectivity index (χ1n) is 11.8. The number of nitrogens with one attached hydrogen (secondary N) is 2. The number of hydrogen-bond acceptors (Lipinski definition) is 8. The van der Waals surface area contributed by atoms with E-state index in [2.05, 4.69) is 30.8 Å². The molecule has 0 aliphatic carbocycles. The van der Waals surface area contributed by atoms with Gasteiger partial charge in [0.1, 0.15) is 23.6 Å². The Hall–Kier alpha value is -2.07. The summed E-state index contributed by atoms with van der Waals surface area (Å²) in [6, 6.07) is 10.9. The van der Waals surface area contributed by atoms with Crippen molar-refractivity contribution in [3.8, 4) is 5.75 Å². The van der Waals surface area contributed by atoms with Gasteiger partial charge in [-0.25, -0.2) is 9.88 Å². The summed E-state index contributed by atoms with van der Waals surface area (Å²) in [6.07, 6.45) is -0.562. The maximum atomic E-state index is 12.5. The molecule has 6 atom stereocenters. The van der Waals surface area contributed by atoms with Crippen molar-refractivity contribution in [3.05, 3.63) is 63.4 Å². The fourth-order valence-electron chi connectivity index (χ4n) is 3.94. The van der Waals surface area contributed by atoms with E-state index in [0.717, 1.165) is 0 Å². The van der Waals surface area contributed by atoms with Crippen LogP contribution in [-0.4, -0.2) is 53.7 Å². The molecule has 1 aromatic heterocycles. The topological polar surface area (TPSA) is 113 Å². The SMILES string of the molecule is CCOC1(C)C(OC)C(COP(NC(C)C(C)C)Oc2ccccc2)OC1n1ccc(=O)[nH]c1=O. The molecule has 1 aromatic carbocycles. The number of ether oxygens (including phenoxy) is 3. The molecular formula is C24H36N3O7P. The zero-order valence-corrected chi connectivity index (χ0v) is 22.0. The fraction of sp³-hybridized carbons (Fsp3) is 0.583. The monoisotopic (exact) mass is 509 g/mol. The Morgan fingerprint density at radius 1 is 1.20 bits per heavy atom. The number of hydrogen-bond donors (Lipinski definition) is 2. The maximum Gasteiger partial charge on any atom is 0.330 e. The van der Waals surface area contributed by atoms with E-state index in [4.69, 9.17) is 23.3 Å². The van der Waals surface area contributed by atoms with Crippen molar-refractivity contribution in [2.45, 2.75) is 64.7 Å². The molecular weight excluding hydrogens is 473 g/mol. The first-order chi connectivity index (χ1) is 16.7. The standard InChI is InChI=1S/C24H36N3O7P/c1-7-31-24(5)21(30-6)19(33-22(24)27-14-13-20(28)25-23(27)29)15-32-35(26-17(4)16(2)3)34-18-11-9-8-10-12-18/h8-14,16-17,19,21-22,26H,7,15H2,1-6H3,(H,25,28,29). The second-order valence-corrected chi connectivity index (χ2v) is 10.1. The minimum absolute atomic E-state index is 0.131. The van der Waals surface area contributed by atoms with Crippen LogP contribution in [0.25, 0.3) is 0 Å². The lowest BCUT2D eigenvalue weighted by Crippen LogP contribution is -2.50. The summed E-state index contributed by atoms with van der Waals surface area (Å²) in [7, 11) is 0.0589. The highest BCUT2D eigenvalue weighted by atomic mass is 31.2. The van der Waals surface area contributed by atoms with Gasteiger partial charge in [0.05, 0.1) is 6.61 Å². The summed E-state index contributed by atoms with van der Waals surface area (Å²) in [4.78, 5) is 26.4. The number of rotatable bonds is 12. The number of para-hydroxylation sites is 1. The Kier molecular flexibility index (Phi) is 9.63. The molecule has 2 N–H and O–H groups in total. The second-order valence-electron chi connectivity index (χ2n) is 8.94. The van der Waals surface area contributed by atoms with Gasteiger partial charge in [-0.05, 0) is 38.8 Å². The zero-order valence-electron chi connectivity index (χ0n) is 21.1. The van der Waals surface area contributed by atoms with Crippen molar-refractivity contribution < 1.29 is 23.3 Å². The van der Waals surface area contributed by atoms with Gasteiger partial charge < -0.3 is 23.3 Å². The van der Waals surface area contributed by atoms with Crippen molar-refractivity contribution in [3.63, 3.8) is 0 Å². The maximum absolute atomic E-state index is 12.5.